The van der Waals surface area contributed by atoms with Crippen molar-refractivity contribution in [1.82, 2.24) is 0 Å². The Morgan fingerprint density at radius 1 is 1.05 bits per heavy atom. The van der Waals surface area contributed by atoms with Gasteiger partial charge in [0.05, 0.1) is 5.69 Å². The van der Waals surface area contributed by atoms with Crippen LogP contribution in [0.2, 0.25) is 5.02 Å². The summed E-state index contributed by atoms with van der Waals surface area (Å²) >= 11 is 14.8. The highest BCUT2D eigenvalue weighted by Gasteiger charge is 2.05. The first-order valence-corrected chi connectivity index (χ1v) is 7.64. The van der Waals surface area contributed by atoms with Gasteiger partial charge in [-0.15, -0.1) is 0 Å². The molecule has 0 fully saturated rings. The fourth-order valence-corrected chi connectivity index (χ4v) is 2.80. The van der Waals surface area contributed by atoms with Gasteiger partial charge in [0.15, 0.2) is 5.11 Å². The van der Waals surface area contributed by atoms with Gasteiger partial charge in [0, 0.05) is 15.2 Å². The van der Waals surface area contributed by atoms with E-state index in [-0.39, 0.29) is 0 Å². The average Bonchev–Trinajstić information content (AvgIpc) is 2.36. The van der Waals surface area contributed by atoms with E-state index in [1.807, 2.05) is 50.2 Å². The van der Waals surface area contributed by atoms with Crippen molar-refractivity contribution >= 4 is 56.2 Å². The zero-order valence-electron chi connectivity index (χ0n) is 11.1. The van der Waals surface area contributed by atoms with E-state index in [2.05, 4.69) is 26.6 Å². The second-order valence-electron chi connectivity index (χ2n) is 4.52. The molecule has 0 aliphatic rings. The molecule has 0 saturated carbocycles. The summed E-state index contributed by atoms with van der Waals surface area (Å²) in [6, 6.07) is 11.7. The van der Waals surface area contributed by atoms with Crippen LogP contribution in [0.5, 0.6) is 0 Å². The first-order valence-electron chi connectivity index (χ1n) is 6.06. The Hall–Kier alpha value is -1.10. The van der Waals surface area contributed by atoms with Crippen molar-refractivity contribution < 1.29 is 0 Å². The number of rotatable bonds is 2. The van der Waals surface area contributed by atoms with Crippen LogP contribution in [0, 0.1) is 13.8 Å². The van der Waals surface area contributed by atoms with Crippen molar-refractivity contribution in [3.63, 3.8) is 0 Å². The second-order valence-corrected chi connectivity index (χ2v) is 6.22. The number of nitrogens with one attached hydrogen (secondary N) is 2. The van der Waals surface area contributed by atoms with E-state index >= 15 is 0 Å². The summed E-state index contributed by atoms with van der Waals surface area (Å²) < 4.78 is 0.981. The molecule has 2 aromatic carbocycles. The summed E-state index contributed by atoms with van der Waals surface area (Å²) in [7, 11) is 0. The molecule has 2 N–H and O–H groups in total. The lowest BCUT2D eigenvalue weighted by molar-refractivity contribution is 1.43. The summed E-state index contributed by atoms with van der Waals surface area (Å²) in [5.41, 5.74) is 4.11. The van der Waals surface area contributed by atoms with E-state index in [0.29, 0.717) is 10.1 Å². The molecule has 0 spiro atoms. The quantitative estimate of drug-likeness (QED) is 0.681. The van der Waals surface area contributed by atoms with Crippen LogP contribution >= 0.6 is 39.7 Å². The van der Waals surface area contributed by atoms with E-state index in [0.717, 1.165) is 21.4 Å². The molecule has 2 rings (SSSR count). The lowest BCUT2D eigenvalue weighted by Gasteiger charge is -2.14. The fraction of sp³-hybridized carbons (Fsp3) is 0.133. The lowest BCUT2D eigenvalue weighted by atomic mass is 10.2. The number of aryl methyl sites for hydroxylation is 2. The van der Waals surface area contributed by atoms with Crippen LogP contribution < -0.4 is 10.6 Å². The summed E-state index contributed by atoms with van der Waals surface area (Å²) in [5.74, 6) is 0. The molecule has 0 aliphatic carbocycles. The summed E-state index contributed by atoms with van der Waals surface area (Å²) in [4.78, 5) is 0. The molecule has 0 radical (unpaired) electrons. The minimum absolute atomic E-state index is 0.542. The van der Waals surface area contributed by atoms with Crippen LogP contribution in [0.4, 0.5) is 11.4 Å². The fourth-order valence-electron chi connectivity index (χ4n) is 1.76. The van der Waals surface area contributed by atoms with Crippen molar-refractivity contribution in [1.29, 1.82) is 0 Å². The molecule has 20 heavy (non-hydrogen) atoms. The third-order valence-electron chi connectivity index (χ3n) is 2.81. The summed E-state index contributed by atoms with van der Waals surface area (Å²) in [6.45, 7) is 4.03. The van der Waals surface area contributed by atoms with Gasteiger partial charge in [-0.3, -0.25) is 0 Å². The van der Waals surface area contributed by atoms with Gasteiger partial charge in [-0.05, 0) is 83.5 Å². The van der Waals surface area contributed by atoms with Crippen molar-refractivity contribution in [3.05, 3.63) is 57.0 Å². The maximum Gasteiger partial charge on any atom is 0.175 e. The maximum atomic E-state index is 5.94. The molecule has 0 bridgehead atoms. The van der Waals surface area contributed by atoms with Crippen molar-refractivity contribution in [2.45, 2.75) is 13.8 Å². The molecule has 0 atom stereocenters. The summed E-state index contributed by atoms with van der Waals surface area (Å²) in [5, 5.41) is 7.59. The van der Waals surface area contributed by atoms with Gasteiger partial charge < -0.3 is 10.6 Å². The zero-order valence-corrected chi connectivity index (χ0v) is 14.3. The molecule has 0 aromatic heterocycles. The van der Waals surface area contributed by atoms with Gasteiger partial charge in [-0.1, -0.05) is 17.7 Å². The van der Waals surface area contributed by atoms with Crippen molar-refractivity contribution in [2.75, 3.05) is 10.6 Å². The molecule has 104 valence electrons. The molecule has 2 nitrogen and oxygen atoms in total. The van der Waals surface area contributed by atoms with E-state index in [9.17, 15) is 0 Å². The Kier molecular flexibility index (Phi) is 5.02. The topological polar surface area (TPSA) is 24.1 Å². The average molecular weight is 370 g/mol. The Labute approximate surface area is 137 Å². The molecular weight excluding hydrogens is 356 g/mol. The maximum absolute atomic E-state index is 5.94. The van der Waals surface area contributed by atoms with E-state index in [4.69, 9.17) is 23.8 Å². The molecular formula is C15H14BrClN2S. The number of thiocarbonyl (C=S) groups is 1. The van der Waals surface area contributed by atoms with Crippen LogP contribution in [0.25, 0.3) is 0 Å². The van der Waals surface area contributed by atoms with Gasteiger partial charge >= 0.3 is 0 Å². The highest BCUT2D eigenvalue weighted by Crippen LogP contribution is 2.24. The number of halogens is 2. The first-order chi connectivity index (χ1) is 9.45. The third-order valence-corrected chi connectivity index (χ3v) is 3.90. The van der Waals surface area contributed by atoms with Crippen LogP contribution in [0.15, 0.2) is 40.9 Å². The van der Waals surface area contributed by atoms with Gasteiger partial charge in [0.25, 0.3) is 0 Å². The Morgan fingerprint density at radius 2 is 1.70 bits per heavy atom. The van der Waals surface area contributed by atoms with Gasteiger partial charge in [0.1, 0.15) is 0 Å². The summed E-state index contributed by atoms with van der Waals surface area (Å²) in [6.07, 6.45) is 0. The molecule has 2 aromatic rings. The van der Waals surface area contributed by atoms with Crippen molar-refractivity contribution in [3.8, 4) is 0 Å². The number of benzene rings is 2. The Balaban J connectivity index is 2.09. The van der Waals surface area contributed by atoms with Gasteiger partial charge in [-0.25, -0.2) is 0 Å². The standard InChI is InChI=1S/C15H14BrClN2S/c1-9-3-5-14(12(16)7-9)19-15(20)18-13-6-4-11(17)8-10(13)2/h3-8H,1-2H3,(H2,18,19,20). The van der Waals surface area contributed by atoms with Crippen LogP contribution in [0.1, 0.15) is 11.1 Å². The number of hydrogen-bond acceptors (Lipinski definition) is 1. The molecule has 0 amide bonds. The predicted octanol–water partition coefficient (Wildman–Crippen LogP) is 5.53. The first kappa shape index (κ1) is 15.3. The third kappa shape index (κ3) is 3.95. The SMILES string of the molecule is Cc1ccc(NC(=S)Nc2ccc(Cl)cc2C)c(Br)c1. The van der Waals surface area contributed by atoms with E-state index < -0.39 is 0 Å². The lowest BCUT2D eigenvalue weighted by Crippen LogP contribution is -2.19. The predicted molar refractivity (Wildman–Crippen MR) is 94.9 cm³/mol. The molecule has 0 unspecified atom stereocenters. The molecule has 0 saturated heterocycles. The highest BCUT2D eigenvalue weighted by atomic mass is 79.9. The van der Waals surface area contributed by atoms with Crippen molar-refractivity contribution in [2.24, 2.45) is 0 Å². The van der Waals surface area contributed by atoms with Crippen LogP contribution in [0.3, 0.4) is 0 Å². The second kappa shape index (κ2) is 6.57. The van der Waals surface area contributed by atoms with Gasteiger partial charge in [0.2, 0.25) is 0 Å². The minimum atomic E-state index is 0.542. The molecule has 0 heterocycles. The number of hydrogen-bond donors (Lipinski definition) is 2. The monoisotopic (exact) mass is 368 g/mol. The van der Waals surface area contributed by atoms with E-state index in [1.54, 1.807) is 0 Å². The minimum Gasteiger partial charge on any atom is -0.332 e. The van der Waals surface area contributed by atoms with Gasteiger partial charge in [-0.2, -0.15) is 0 Å². The van der Waals surface area contributed by atoms with Crippen LogP contribution in [-0.2, 0) is 0 Å². The number of anilines is 2. The Bertz CT molecular complexity index is 603. The normalized spacial score (nSPS) is 10.2. The molecule has 5 heteroatoms. The van der Waals surface area contributed by atoms with E-state index in [1.165, 1.54) is 5.56 Å². The largest absolute Gasteiger partial charge is 0.332 e. The van der Waals surface area contributed by atoms with Crippen LogP contribution in [-0.4, -0.2) is 5.11 Å². The Morgan fingerprint density at radius 3 is 2.35 bits per heavy atom. The smallest absolute Gasteiger partial charge is 0.175 e. The highest BCUT2D eigenvalue weighted by molar-refractivity contribution is 9.10. The molecule has 0 aliphatic heterocycles. The zero-order chi connectivity index (χ0) is 14.7.